The Bertz CT molecular complexity index is 1520. The van der Waals surface area contributed by atoms with Crippen molar-refractivity contribution in [2.45, 2.75) is 37.8 Å². The van der Waals surface area contributed by atoms with Crippen LogP contribution < -0.4 is 10.1 Å². The first-order chi connectivity index (χ1) is 18.5. The van der Waals surface area contributed by atoms with Gasteiger partial charge in [-0.2, -0.15) is 0 Å². The number of aromatic nitrogens is 3. The van der Waals surface area contributed by atoms with Gasteiger partial charge in [0, 0.05) is 42.4 Å². The molecular formula is C30H30FN5O2. The number of aryl methyl sites for hydroxylation is 1. The summed E-state index contributed by atoms with van der Waals surface area (Å²) in [7, 11) is 1.57. The predicted molar refractivity (Wildman–Crippen MR) is 144 cm³/mol. The van der Waals surface area contributed by atoms with Gasteiger partial charge in [-0.3, -0.25) is 4.79 Å². The normalized spacial score (nSPS) is 17.5. The van der Waals surface area contributed by atoms with Gasteiger partial charge in [0.25, 0.3) is 0 Å². The number of methoxy groups -OCH3 is 1. The van der Waals surface area contributed by atoms with E-state index in [0.717, 1.165) is 55.7 Å². The molecule has 1 atom stereocenters. The highest BCUT2D eigenvalue weighted by molar-refractivity contribution is 5.87. The van der Waals surface area contributed by atoms with Crippen molar-refractivity contribution in [3.05, 3.63) is 84.2 Å². The summed E-state index contributed by atoms with van der Waals surface area (Å²) < 4.78 is 21.3. The standard InChI is InChI=1S/C30H30FN5O2/c1-3-28(37)35-15-13-23(14-16-35)32-25-10-8-19-17-20(7-9-24(19)25)29-30(21-5-4-6-22(31)18-21)36-26(33-29)11-12-27(34-36)38-2/h3-7,9,11-12,17-18,23,25,32H,1,8,10,13-16H2,2H3/t25-/m0/s1. The molecule has 1 fully saturated rings. The van der Waals surface area contributed by atoms with Crippen LogP contribution in [-0.4, -0.2) is 51.6 Å². The van der Waals surface area contributed by atoms with Crippen molar-refractivity contribution in [3.8, 4) is 28.4 Å². The van der Waals surface area contributed by atoms with Gasteiger partial charge < -0.3 is 15.0 Å². The maximum Gasteiger partial charge on any atom is 0.245 e. The number of carbonyl (C=O) groups excluding carboxylic acids is 1. The van der Waals surface area contributed by atoms with E-state index in [1.165, 1.54) is 29.3 Å². The quantitative estimate of drug-likeness (QED) is 0.371. The Kier molecular flexibility index (Phi) is 6.41. The minimum absolute atomic E-state index is 0.0143. The van der Waals surface area contributed by atoms with E-state index in [-0.39, 0.29) is 11.7 Å². The lowest BCUT2D eigenvalue weighted by atomic mass is 9.98. The summed E-state index contributed by atoms with van der Waals surface area (Å²) in [5.41, 5.74) is 6.45. The molecule has 194 valence electrons. The molecule has 0 saturated carbocycles. The average Bonchev–Trinajstić information content (AvgIpc) is 3.53. The second kappa shape index (κ2) is 10.0. The Hall–Kier alpha value is -4.04. The number of halogens is 1. The third-order valence-electron chi connectivity index (χ3n) is 7.67. The van der Waals surface area contributed by atoms with Crippen molar-refractivity contribution in [3.63, 3.8) is 0 Å². The van der Waals surface area contributed by atoms with Crippen LogP contribution in [0.1, 0.15) is 36.4 Å². The van der Waals surface area contributed by atoms with Crippen LogP contribution in [0.4, 0.5) is 4.39 Å². The molecule has 0 unspecified atom stereocenters. The second-order valence-corrected chi connectivity index (χ2v) is 9.94. The van der Waals surface area contributed by atoms with Crippen molar-refractivity contribution >= 4 is 11.6 Å². The Labute approximate surface area is 220 Å². The monoisotopic (exact) mass is 511 g/mol. The van der Waals surface area contributed by atoms with Crippen LogP contribution in [0.25, 0.3) is 28.2 Å². The molecule has 3 heterocycles. The molecule has 1 amide bonds. The molecule has 1 aliphatic heterocycles. The highest BCUT2D eigenvalue weighted by atomic mass is 19.1. The molecule has 0 bridgehead atoms. The van der Waals surface area contributed by atoms with Gasteiger partial charge in [0.05, 0.1) is 12.8 Å². The maximum atomic E-state index is 14.2. The van der Waals surface area contributed by atoms with Gasteiger partial charge in [0.2, 0.25) is 11.8 Å². The van der Waals surface area contributed by atoms with Crippen LogP contribution in [0, 0.1) is 5.82 Å². The number of fused-ring (bicyclic) bond motifs is 2. The summed E-state index contributed by atoms with van der Waals surface area (Å²) in [5.74, 6) is 0.163. The fraction of sp³-hybridized carbons (Fsp3) is 0.300. The number of nitrogens with one attached hydrogen (secondary N) is 1. The Morgan fingerprint density at radius 1 is 1.11 bits per heavy atom. The number of hydrogen-bond donors (Lipinski definition) is 1. The highest BCUT2D eigenvalue weighted by Gasteiger charge is 2.29. The van der Waals surface area contributed by atoms with Gasteiger partial charge in [0.15, 0.2) is 5.65 Å². The van der Waals surface area contributed by atoms with E-state index in [1.807, 2.05) is 17.0 Å². The van der Waals surface area contributed by atoms with Gasteiger partial charge in [-0.05, 0) is 67.2 Å². The van der Waals surface area contributed by atoms with E-state index in [4.69, 9.17) is 9.72 Å². The van der Waals surface area contributed by atoms with Gasteiger partial charge in [-0.1, -0.05) is 30.8 Å². The van der Waals surface area contributed by atoms with Crippen molar-refractivity contribution in [1.82, 2.24) is 24.8 Å². The largest absolute Gasteiger partial charge is 0.480 e. The molecule has 38 heavy (non-hydrogen) atoms. The van der Waals surface area contributed by atoms with E-state index in [0.29, 0.717) is 29.2 Å². The Balaban J connectivity index is 1.30. The zero-order valence-electron chi connectivity index (χ0n) is 21.4. The lowest BCUT2D eigenvalue weighted by Gasteiger charge is -2.33. The number of piperidine rings is 1. The molecule has 2 aromatic heterocycles. The highest BCUT2D eigenvalue weighted by Crippen LogP contribution is 2.38. The van der Waals surface area contributed by atoms with Crippen LogP contribution in [0.3, 0.4) is 0 Å². The smallest absolute Gasteiger partial charge is 0.245 e. The van der Waals surface area contributed by atoms with Gasteiger partial charge >= 0.3 is 0 Å². The van der Waals surface area contributed by atoms with Crippen LogP contribution in [0.15, 0.2) is 67.3 Å². The summed E-state index contributed by atoms with van der Waals surface area (Å²) in [6.07, 6.45) is 5.29. The molecule has 6 rings (SSSR count). The second-order valence-electron chi connectivity index (χ2n) is 9.94. The fourth-order valence-electron chi connectivity index (χ4n) is 5.74. The summed E-state index contributed by atoms with van der Waals surface area (Å²) in [6.45, 7) is 5.12. The molecule has 4 aromatic rings. The summed E-state index contributed by atoms with van der Waals surface area (Å²) in [5, 5.41) is 8.43. The fourth-order valence-corrected chi connectivity index (χ4v) is 5.74. The number of hydrogen-bond acceptors (Lipinski definition) is 5. The van der Waals surface area contributed by atoms with Crippen molar-refractivity contribution < 1.29 is 13.9 Å². The molecule has 1 N–H and O–H groups in total. The van der Waals surface area contributed by atoms with Gasteiger partial charge in [-0.25, -0.2) is 13.9 Å². The van der Waals surface area contributed by atoms with Crippen molar-refractivity contribution in [1.29, 1.82) is 0 Å². The molecule has 1 aliphatic carbocycles. The third-order valence-corrected chi connectivity index (χ3v) is 7.67. The molecular weight excluding hydrogens is 481 g/mol. The van der Waals surface area contributed by atoms with E-state index in [9.17, 15) is 9.18 Å². The van der Waals surface area contributed by atoms with E-state index < -0.39 is 0 Å². The summed E-state index contributed by atoms with van der Waals surface area (Å²) in [6, 6.07) is 17.3. The number of benzene rings is 2. The zero-order chi connectivity index (χ0) is 26.2. The molecule has 2 aromatic carbocycles. The SMILES string of the molecule is C=CC(=O)N1CCC(N[C@H]2CCc3cc(-c4nc5ccc(OC)nn5c4-c4cccc(F)c4)ccc32)CC1. The predicted octanol–water partition coefficient (Wildman–Crippen LogP) is 4.96. The number of nitrogens with zero attached hydrogens (tertiary/aromatic N) is 4. The molecule has 2 aliphatic rings. The van der Waals surface area contributed by atoms with Crippen LogP contribution in [0.2, 0.25) is 0 Å². The minimum atomic E-state index is -0.311. The number of carbonyl (C=O) groups is 1. The first-order valence-corrected chi connectivity index (χ1v) is 13.0. The lowest BCUT2D eigenvalue weighted by molar-refractivity contribution is -0.127. The third kappa shape index (κ3) is 4.45. The Morgan fingerprint density at radius 3 is 2.71 bits per heavy atom. The van der Waals surface area contributed by atoms with Gasteiger partial charge in [-0.15, -0.1) is 5.10 Å². The number of amides is 1. The Morgan fingerprint density at radius 2 is 1.95 bits per heavy atom. The minimum Gasteiger partial charge on any atom is -0.480 e. The van der Waals surface area contributed by atoms with E-state index in [2.05, 4.69) is 35.2 Å². The molecule has 0 radical (unpaired) electrons. The number of ether oxygens (including phenoxy) is 1. The topological polar surface area (TPSA) is 71.8 Å². The number of rotatable bonds is 6. The first kappa shape index (κ1) is 24.3. The van der Waals surface area contributed by atoms with Crippen molar-refractivity contribution in [2.75, 3.05) is 20.2 Å². The molecule has 1 saturated heterocycles. The average molecular weight is 512 g/mol. The molecule has 8 heteroatoms. The van der Waals surface area contributed by atoms with Crippen LogP contribution >= 0.6 is 0 Å². The van der Waals surface area contributed by atoms with Crippen molar-refractivity contribution in [2.24, 2.45) is 0 Å². The van der Waals surface area contributed by atoms with E-state index >= 15 is 0 Å². The summed E-state index contributed by atoms with van der Waals surface area (Å²) >= 11 is 0. The van der Waals surface area contributed by atoms with E-state index in [1.54, 1.807) is 23.8 Å². The lowest BCUT2D eigenvalue weighted by Crippen LogP contribution is -2.45. The first-order valence-electron chi connectivity index (χ1n) is 13.0. The molecule has 7 nitrogen and oxygen atoms in total. The number of likely N-dealkylation sites (tertiary alicyclic amines) is 1. The maximum absolute atomic E-state index is 14.2. The number of imidazole rings is 1. The van der Waals surface area contributed by atoms with Crippen LogP contribution in [-0.2, 0) is 11.2 Å². The summed E-state index contributed by atoms with van der Waals surface area (Å²) in [4.78, 5) is 18.7. The van der Waals surface area contributed by atoms with Crippen LogP contribution in [0.5, 0.6) is 5.88 Å². The zero-order valence-corrected chi connectivity index (χ0v) is 21.4. The van der Waals surface area contributed by atoms with Gasteiger partial charge in [0.1, 0.15) is 11.5 Å². The molecule has 0 spiro atoms.